The van der Waals surface area contributed by atoms with Crippen LogP contribution in [0.25, 0.3) is 11.1 Å². The molecule has 0 aromatic heterocycles. The molecule has 0 unspecified atom stereocenters. The Morgan fingerprint density at radius 3 is 1.41 bits per heavy atom. The fourth-order valence-electron chi connectivity index (χ4n) is 5.71. The highest BCUT2D eigenvalue weighted by atomic mass is 32.3. The van der Waals surface area contributed by atoms with Crippen LogP contribution >= 0.6 is 10.0 Å². The van der Waals surface area contributed by atoms with E-state index < -0.39 is 17.1 Å². The van der Waals surface area contributed by atoms with Crippen molar-refractivity contribution in [1.29, 1.82) is 0 Å². The maximum absolute atomic E-state index is 10.1. The van der Waals surface area contributed by atoms with E-state index in [1.165, 1.54) is 53.1 Å². The lowest BCUT2D eigenvalue weighted by molar-refractivity contribution is 0.425. The van der Waals surface area contributed by atoms with Gasteiger partial charge in [-0.05, 0) is 65.1 Å². The SMILES string of the molecule is Bc1c(B)c(B)c(-c2cccc(S(c3ccccc3)(c3ccccc3)c3cccc(B(O)O)c3)c2)c(B)c1B. The minimum atomic E-state index is -1.97. The maximum atomic E-state index is 10.1. The van der Waals surface area contributed by atoms with Gasteiger partial charge < -0.3 is 10.0 Å². The topological polar surface area (TPSA) is 40.5 Å². The third-order valence-corrected chi connectivity index (χ3v) is 12.1. The first-order valence-electron chi connectivity index (χ1n) is 13.3. The van der Waals surface area contributed by atoms with Gasteiger partial charge in [0.15, 0.2) is 0 Å². The lowest BCUT2D eigenvalue weighted by Gasteiger charge is -2.42. The fourth-order valence-corrected chi connectivity index (χ4v) is 9.65. The van der Waals surface area contributed by atoms with E-state index in [4.69, 9.17) is 0 Å². The van der Waals surface area contributed by atoms with Crippen LogP contribution in [-0.4, -0.2) is 56.4 Å². The Morgan fingerprint density at radius 2 is 0.897 bits per heavy atom. The van der Waals surface area contributed by atoms with Crippen LogP contribution in [0.5, 0.6) is 0 Å². The molecule has 0 saturated heterocycles. The summed E-state index contributed by atoms with van der Waals surface area (Å²) in [6.45, 7) is 0. The van der Waals surface area contributed by atoms with Crippen LogP contribution in [0, 0.1) is 0 Å². The zero-order chi connectivity index (χ0) is 27.7. The van der Waals surface area contributed by atoms with E-state index in [0.29, 0.717) is 5.46 Å². The molecule has 9 heteroatoms. The van der Waals surface area contributed by atoms with Gasteiger partial charge in [-0.25, -0.2) is 0 Å². The van der Waals surface area contributed by atoms with Gasteiger partial charge >= 0.3 is 7.12 Å². The molecule has 0 saturated carbocycles. The van der Waals surface area contributed by atoms with Gasteiger partial charge in [-0.1, -0.05) is 71.6 Å². The number of benzene rings is 5. The van der Waals surface area contributed by atoms with Crippen molar-refractivity contribution in [3.63, 3.8) is 0 Å². The van der Waals surface area contributed by atoms with Crippen molar-refractivity contribution in [3.05, 3.63) is 109 Å². The first-order chi connectivity index (χ1) is 18.8. The Labute approximate surface area is 238 Å². The number of hydrogen-bond donors (Lipinski definition) is 2. The molecule has 186 valence electrons. The highest BCUT2D eigenvalue weighted by Crippen LogP contribution is 2.73. The Hall–Kier alpha value is -3.24. The largest absolute Gasteiger partial charge is 0.488 e. The molecule has 0 atom stereocenters. The van der Waals surface area contributed by atoms with Gasteiger partial charge in [-0.2, -0.15) is 0 Å². The number of rotatable bonds is 6. The van der Waals surface area contributed by atoms with Gasteiger partial charge in [0.05, 0.1) is 0 Å². The van der Waals surface area contributed by atoms with Crippen molar-refractivity contribution in [3.8, 4) is 11.1 Å². The number of hydrogen-bond acceptors (Lipinski definition) is 2. The molecule has 0 aliphatic carbocycles. The van der Waals surface area contributed by atoms with E-state index >= 15 is 0 Å². The van der Waals surface area contributed by atoms with E-state index in [2.05, 4.69) is 118 Å². The molecule has 0 amide bonds. The van der Waals surface area contributed by atoms with E-state index in [-0.39, 0.29) is 0 Å². The summed E-state index contributed by atoms with van der Waals surface area (Å²) >= 11 is 0. The monoisotopic (exact) mass is 520 g/mol. The van der Waals surface area contributed by atoms with Crippen LogP contribution in [-0.2, 0) is 0 Å². The van der Waals surface area contributed by atoms with E-state index in [1.807, 2.05) is 24.3 Å². The zero-order valence-corrected chi connectivity index (χ0v) is 24.1. The van der Waals surface area contributed by atoms with Gasteiger partial charge in [0.1, 0.15) is 39.2 Å². The molecule has 2 N–H and O–H groups in total. The molecule has 0 heterocycles. The predicted molar refractivity (Wildman–Crippen MR) is 183 cm³/mol. The van der Waals surface area contributed by atoms with Crippen LogP contribution in [0.2, 0.25) is 0 Å². The first-order valence-corrected chi connectivity index (χ1v) is 15.0. The molecule has 0 radical (unpaired) electrons. The molecule has 0 aliphatic heterocycles. The van der Waals surface area contributed by atoms with Crippen LogP contribution in [0.4, 0.5) is 0 Å². The molecule has 0 fully saturated rings. The first kappa shape index (κ1) is 27.3. The summed E-state index contributed by atoms with van der Waals surface area (Å²) in [6, 6.07) is 38.1. The molecule has 5 rings (SSSR count). The van der Waals surface area contributed by atoms with Crippen molar-refractivity contribution in [2.75, 3.05) is 0 Å². The summed E-state index contributed by atoms with van der Waals surface area (Å²) in [6.07, 6.45) is 0. The van der Waals surface area contributed by atoms with Gasteiger partial charge in [0.25, 0.3) is 0 Å². The van der Waals surface area contributed by atoms with Crippen molar-refractivity contribution in [2.24, 2.45) is 0 Å². The van der Waals surface area contributed by atoms with Gasteiger partial charge in [-0.15, -0.1) is 26.4 Å². The van der Waals surface area contributed by atoms with Crippen LogP contribution in [0.15, 0.2) is 129 Å². The van der Waals surface area contributed by atoms with Gasteiger partial charge in [0, 0.05) is 19.6 Å². The smallest absolute Gasteiger partial charge is 0.423 e. The third-order valence-electron chi connectivity index (χ3n) is 8.18. The second-order valence-corrected chi connectivity index (χ2v) is 13.3. The van der Waals surface area contributed by atoms with E-state index in [1.54, 1.807) is 6.07 Å². The lowest BCUT2D eigenvalue weighted by Crippen LogP contribution is -2.55. The van der Waals surface area contributed by atoms with Gasteiger partial charge in [-0.3, -0.25) is 0 Å². The summed E-state index contributed by atoms with van der Waals surface area (Å²) in [5.74, 6) is 0. The Morgan fingerprint density at radius 1 is 0.462 bits per heavy atom. The minimum absolute atomic E-state index is 0.490. The molecular weight excluding hydrogens is 489 g/mol. The summed E-state index contributed by atoms with van der Waals surface area (Å²) in [5, 5.41) is 20.2. The Kier molecular flexibility index (Phi) is 7.77. The third kappa shape index (κ3) is 4.74. The van der Waals surface area contributed by atoms with Crippen molar-refractivity contribution in [1.82, 2.24) is 0 Å². The molecule has 0 spiro atoms. The van der Waals surface area contributed by atoms with Gasteiger partial charge in [0.2, 0.25) is 0 Å². The molecule has 0 bridgehead atoms. The minimum Gasteiger partial charge on any atom is -0.423 e. The maximum Gasteiger partial charge on any atom is 0.488 e. The molecule has 5 aromatic rings. The normalized spacial score (nSPS) is 11.7. The predicted octanol–water partition coefficient (Wildman–Crippen LogP) is -2.33. The van der Waals surface area contributed by atoms with Crippen LogP contribution in [0.3, 0.4) is 0 Å². The standard InChI is InChI=1S/C30H30B6O2S/c31-26-25(27(32)29(34)30(35)28(26)33)19-9-7-15-23(17-19)39(21-11-3-1-4-12-21,22-13-5-2-6-14-22)24-16-8-10-20(18-24)36(37)38/h1-18,37-38H,31-35H2. The average Bonchev–Trinajstić information content (AvgIpc) is 2.97. The van der Waals surface area contributed by atoms with Crippen molar-refractivity contribution >= 4 is 89.2 Å². The second kappa shape index (κ2) is 11.1. The quantitative estimate of drug-likeness (QED) is 0.247. The Balaban J connectivity index is 1.89. The molecule has 0 aliphatic rings. The average molecular weight is 520 g/mol. The van der Waals surface area contributed by atoms with Crippen LogP contribution < -0.4 is 32.8 Å². The highest BCUT2D eigenvalue weighted by Gasteiger charge is 2.34. The fraction of sp³-hybridized carbons (Fsp3) is 0. The van der Waals surface area contributed by atoms with Crippen LogP contribution in [0.1, 0.15) is 0 Å². The summed E-state index contributed by atoms with van der Waals surface area (Å²) in [5.41, 5.74) is 9.67. The molecule has 2 nitrogen and oxygen atoms in total. The van der Waals surface area contributed by atoms with E-state index in [9.17, 15) is 10.0 Å². The van der Waals surface area contributed by atoms with E-state index in [0.717, 1.165) is 4.90 Å². The Bertz CT molecular complexity index is 1580. The van der Waals surface area contributed by atoms with Crippen molar-refractivity contribution < 1.29 is 10.0 Å². The summed E-state index contributed by atoms with van der Waals surface area (Å²) in [4.78, 5) is 4.66. The summed E-state index contributed by atoms with van der Waals surface area (Å²) in [7, 11) is 7.61. The molecule has 39 heavy (non-hydrogen) atoms. The molecular formula is C30H30B6O2S. The zero-order valence-electron chi connectivity index (χ0n) is 23.3. The second-order valence-electron chi connectivity index (χ2n) is 10.2. The highest BCUT2D eigenvalue weighted by molar-refractivity contribution is 8.34. The summed E-state index contributed by atoms with van der Waals surface area (Å²) < 4.78 is 0. The van der Waals surface area contributed by atoms with Crippen molar-refractivity contribution in [2.45, 2.75) is 19.6 Å². The molecule has 5 aromatic carbocycles. The lowest BCUT2D eigenvalue weighted by atomic mass is 9.60.